The number of hydrogen-bond donors (Lipinski definition) is 3. The Morgan fingerprint density at radius 1 is 1.06 bits per heavy atom. The highest BCUT2D eigenvalue weighted by Gasteiger charge is 2.72. The topological polar surface area (TPSA) is 191 Å². The SMILES string of the molecule is Nc1ccn([C@@H]2O[C@H](C(O)c3ccccc3C(=O)[O-])[C@](O)(c3ccccc3C(=O)[O-])C2(F)F)c(=O)n1. The number of rotatable bonds is 6. The lowest BCUT2D eigenvalue weighted by Crippen LogP contribution is -2.53. The molecule has 1 aromatic heterocycles. The van der Waals surface area contributed by atoms with Crippen molar-refractivity contribution in [3.63, 3.8) is 0 Å². The summed E-state index contributed by atoms with van der Waals surface area (Å²) in [5.41, 5.74) is -2.31. The van der Waals surface area contributed by atoms with Crippen molar-refractivity contribution in [3.8, 4) is 0 Å². The van der Waals surface area contributed by atoms with Crippen molar-refractivity contribution >= 4 is 17.8 Å². The average Bonchev–Trinajstić information content (AvgIpc) is 3.05. The molecule has 0 amide bonds. The lowest BCUT2D eigenvalue weighted by atomic mass is 9.77. The van der Waals surface area contributed by atoms with Crippen molar-refractivity contribution in [1.29, 1.82) is 0 Å². The van der Waals surface area contributed by atoms with Crippen molar-refractivity contribution < 1.29 is 43.5 Å². The number of hydrogen-bond acceptors (Lipinski definition) is 10. The maximum absolute atomic E-state index is 16.1. The Balaban J connectivity index is 1.99. The van der Waals surface area contributed by atoms with Gasteiger partial charge in [-0.25, -0.2) is 4.79 Å². The smallest absolute Gasteiger partial charge is 0.351 e. The third-order valence-electron chi connectivity index (χ3n) is 5.95. The van der Waals surface area contributed by atoms with Crippen LogP contribution >= 0.6 is 0 Å². The van der Waals surface area contributed by atoms with E-state index in [9.17, 15) is 34.8 Å². The van der Waals surface area contributed by atoms with Crippen molar-refractivity contribution in [1.82, 2.24) is 9.55 Å². The van der Waals surface area contributed by atoms with Gasteiger partial charge in [0.2, 0.25) is 6.23 Å². The van der Waals surface area contributed by atoms with Gasteiger partial charge in [0.15, 0.2) is 5.60 Å². The van der Waals surface area contributed by atoms with Crippen molar-refractivity contribution in [2.75, 3.05) is 5.73 Å². The zero-order chi connectivity index (χ0) is 26.4. The molecular formula is C23H17F2N3O8-2. The number of aliphatic hydroxyl groups is 2. The lowest BCUT2D eigenvalue weighted by Gasteiger charge is -2.37. The molecule has 0 aliphatic carbocycles. The molecule has 11 nitrogen and oxygen atoms in total. The minimum atomic E-state index is -4.50. The number of aromatic carboxylic acids is 2. The summed E-state index contributed by atoms with van der Waals surface area (Å²) in [5.74, 6) is -8.48. The number of carboxylic acids is 2. The van der Waals surface area contributed by atoms with Crippen LogP contribution in [-0.2, 0) is 10.3 Å². The molecule has 188 valence electrons. The lowest BCUT2D eigenvalue weighted by molar-refractivity contribution is -0.256. The number of carbonyl (C=O) groups excluding carboxylic acids is 2. The monoisotopic (exact) mass is 501 g/mol. The quantitative estimate of drug-likeness (QED) is 0.366. The molecule has 4 N–H and O–H groups in total. The molecule has 0 radical (unpaired) electrons. The highest BCUT2D eigenvalue weighted by atomic mass is 19.3. The second-order valence-corrected chi connectivity index (χ2v) is 7.99. The summed E-state index contributed by atoms with van der Waals surface area (Å²) in [5, 5.41) is 46.0. The number of benzene rings is 2. The molecule has 0 bridgehead atoms. The van der Waals surface area contributed by atoms with Gasteiger partial charge in [0, 0.05) is 22.9 Å². The molecule has 4 rings (SSSR count). The van der Waals surface area contributed by atoms with E-state index in [1.807, 2.05) is 0 Å². The number of carbonyl (C=O) groups is 2. The Bertz CT molecular complexity index is 1410. The van der Waals surface area contributed by atoms with E-state index in [4.69, 9.17) is 10.5 Å². The Hall–Kier alpha value is -4.20. The number of ether oxygens (including phenoxy) is 1. The molecular weight excluding hydrogens is 484 g/mol. The van der Waals surface area contributed by atoms with Gasteiger partial charge in [-0.3, -0.25) is 4.57 Å². The number of halogens is 2. The minimum absolute atomic E-state index is 0.297. The first-order valence-corrected chi connectivity index (χ1v) is 10.3. The summed E-state index contributed by atoms with van der Waals surface area (Å²) in [4.78, 5) is 39.0. The van der Waals surface area contributed by atoms with Gasteiger partial charge >= 0.3 is 11.6 Å². The van der Waals surface area contributed by atoms with Crippen molar-refractivity contribution in [2.45, 2.75) is 30.0 Å². The van der Waals surface area contributed by atoms with Crippen molar-refractivity contribution in [2.24, 2.45) is 0 Å². The van der Waals surface area contributed by atoms with E-state index in [1.165, 1.54) is 18.2 Å². The Kier molecular flexibility index (Phi) is 6.08. The summed E-state index contributed by atoms with van der Waals surface area (Å²) in [6.07, 6.45) is -6.47. The molecule has 1 unspecified atom stereocenters. The van der Waals surface area contributed by atoms with E-state index in [0.717, 1.165) is 42.6 Å². The summed E-state index contributed by atoms with van der Waals surface area (Å²) in [7, 11) is 0. The standard InChI is InChI=1S/C23H19F2N3O8/c24-23(25)20(28-10-9-15(26)27-21(28)34)36-17(16(29)11-5-1-2-6-12(11)18(30)31)22(23,35)14-8-4-3-7-13(14)19(32)33/h1-10,16-17,20,29,35H,(H,30,31)(H,32,33)(H2,26,27,34)/p-2/t16?,17-,20-,22-/m1/s1. The molecule has 1 aliphatic heterocycles. The van der Waals surface area contributed by atoms with Crippen LogP contribution in [0.25, 0.3) is 0 Å². The van der Waals surface area contributed by atoms with Crippen LogP contribution in [0.3, 0.4) is 0 Å². The summed E-state index contributed by atoms with van der Waals surface area (Å²) < 4.78 is 37.8. The van der Waals surface area contributed by atoms with E-state index in [2.05, 4.69) is 4.98 Å². The number of nitrogens with two attached hydrogens (primary N) is 1. The zero-order valence-corrected chi connectivity index (χ0v) is 18.1. The van der Waals surface area contributed by atoms with Crippen molar-refractivity contribution in [3.05, 3.63) is 93.5 Å². The van der Waals surface area contributed by atoms with Gasteiger partial charge < -0.3 is 40.5 Å². The van der Waals surface area contributed by atoms with Gasteiger partial charge in [-0.2, -0.15) is 13.8 Å². The van der Waals surface area contributed by atoms with Crippen LogP contribution in [0.1, 0.15) is 44.2 Å². The first-order valence-electron chi connectivity index (χ1n) is 10.3. The van der Waals surface area contributed by atoms with E-state index in [0.29, 0.717) is 4.57 Å². The summed E-state index contributed by atoms with van der Waals surface area (Å²) in [6.45, 7) is 0. The Morgan fingerprint density at radius 2 is 1.64 bits per heavy atom. The average molecular weight is 501 g/mol. The maximum Gasteiger partial charge on any atom is 0.351 e. The molecule has 4 atom stereocenters. The molecule has 1 aliphatic rings. The number of alkyl halides is 2. The van der Waals surface area contributed by atoms with Crippen LogP contribution in [0.15, 0.2) is 65.6 Å². The van der Waals surface area contributed by atoms with Gasteiger partial charge in [-0.1, -0.05) is 48.5 Å². The van der Waals surface area contributed by atoms with E-state index in [-0.39, 0.29) is 5.82 Å². The van der Waals surface area contributed by atoms with Crippen LogP contribution in [0, 0.1) is 0 Å². The second kappa shape index (κ2) is 8.78. The third-order valence-corrected chi connectivity index (χ3v) is 5.95. The molecule has 36 heavy (non-hydrogen) atoms. The molecule has 2 heterocycles. The zero-order valence-electron chi connectivity index (χ0n) is 18.1. The van der Waals surface area contributed by atoms with E-state index >= 15 is 8.78 Å². The molecule has 3 aromatic rings. The second-order valence-electron chi connectivity index (χ2n) is 7.99. The molecule has 2 aromatic carbocycles. The van der Waals surface area contributed by atoms with Crippen LogP contribution in [0.2, 0.25) is 0 Å². The molecule has 0 saturated carbocycles. The van der Waals surface area contributed by atoms with Crippen LogP contribution < -0.4 is 21.6 Å². The fourth-order valence-electron chi connectivity index (χ4n) is 4.28. The van der Waals surface area contributed by atoms with Gasteiger partial charge in [-0.15, -0.1) is 0 Å². The molecule has 1 saturated heterocycles. The number of nitrogen functional groups attached to an aromatic ring is 1. The summed E-state index contributed by atoms with van der Waals surface area (Å²) in [6, 6.07) is 9.77. The van der Waals surface area contributed by atoms with Gasteiger partial charge in [0.05, 0.1) is 11.9 Å². The fraction of sp³-hybridized carbons (Fsp3) is 0.217. The number of aliphatic hydroxyl groups excluding tert-OH is 1. The maximum atomic E-state index is 16.1. The number of anilines is 1. The number of aromatic nitrogens is 2. The van der Waals surface area contributed by atoms with E-state index in [1.54, 1.807) is 0 Å². The predicted molar refractivity (Wildman–Crippen MR) is 112 cm³/mol. The first-order chi connectivity index (χ1) is 16.9. The van der Waals surface area contributed by atoms with Gasteiger partial charge in [-0.05, 0) is 11.6 Å². The van der Waals surface area contributed by atoms with Crippen LogP contribution in [0.5, 0.6) is 0 Å². The predicted octanol–water partition coefficient (Wildman–Crippen LogP) is -1.29. The normalized spacial score (nSPS) is 23.8. The molecule has 13 heteroatoms. The highest BCUT2D eigenvalue weighted by molar-refractivity contribution is 5.89. The summed E-state index contributed by atoms with van der Waals surface area (Å²) >= 11 is 0. The highest BCUT2D eigenvalue weighted by Crippen LogP contribution is 2.57. The first kappa shape index (κ1) is 24.9. The minimum Gasteiger partial charge on any atom is -0.545 e. The van der Waals surface area contributed by atoms with Crippen LogP contribution in [-0.4, -0.2) is 43.7 Å². The number of nitrogens with zero attached hydrogens (tertiary/aromatic N) is 2. The van der Waals surface area contributed by atoms with Crippen LogP contribution in [0.4, 0.5) is 14.6 Å². The van der Waals surface area contributed by atoms with E-state index < -0.39 is 69.8 Å². The molecule has 1 fully saturated rings. The fourth-order valence-corrected chi connectivity index (χ4v) is 4.28. The Labute approximate surface area is 200 Å². The largest absolute Gasteiger partial charge is 0.545 e. The third kappa shape index (κ3) is 3.69. The van der Waals surface area contributed by atoms with Gasteiger partial charge in [0.25, 0.3) is 0 Å². The van der Waals surface area contributed by atoms with Gasteiger partial charge in [0.1, 0.15) is 18.0 Å². The Morgan fingerprint density at radius 3 is 2.25 bits per heavy atom. The number of carboxylic acid groups (broad SMARTS) is 2. The molecule has 0 spiro atoms.